The topological polar surface area (TPSA) is 88.0 Å². The lowest BCUT2D eigenvalue weighted by Gasteiger charge is -2.47. The van der Waals surface area contributed by atoms with Crippen LogP contribution in [0.1, 0.15) is 56.5 Å². The summed E-state index contributed by atoms with van der Waals surface area (Å²) in [4.78, 5) is 20.3. The number of aryl methyl sites for hydroxylation is 1. The SMILES string of the molecule is Cc1cc2c(ncc3nnc(C45CCC6(NC(=O)C7CC7)CC64CC5)n32)[nH]1. The molecule has 0 bridgehead atoms. The Labute approximate surface area is 156 Å². The fraction of sp³-hybridized carbons (Fsp3) is 0.600. The van der Waals surface area contributed by atoms with Crippen LogP contribution in [-0.4, -0.2) is 36.0 Å². The monoisotopic (exact) mass is 362 g/mol. The molecule has 4 fully saturated rings. The molecule has 27 heavy (non-hydrogen) atoms. The zero-order valence-electron chi connectivity index (χ0n) is 15.4. The molecule has 3 unspecified atom stereocenters. The van der Waals surface area contributed by atoms with E-state index in [9.17, 15) is 4.79 Å². The van der Waals surface area contributed by atoms with E-state index in [2.05, 4.69) is 42.9 Å². The summed E-state index contributed by atoms with van der Waals surface area (Å²) in [6.45, 7) is 2.05. The standard InChI is InChI=1S/C20H22N6O/c1-11-8-13-15(22-11)21-9-14-24-25-17(26(13)14)18-4-6-19(18)10-20(19,7-5-18)23-16(27)12-2-3-12/h8-9,12,22H,2-7,10H2,1H3,(H,23,27). The lowest BCUT2D eigenvalue weighted by Crippen LogP contribution is -2.50. The number of rotatable bonds is 3. The molecular weight excluding hydrogens is 340 g/mol. The van der Waals surface area contributed by atoms with Gasteiger partial charge in [-0.25, -0.2) is 4.98 Å². The van der Waals surface area contributed by atoms with Gasteiger partial charge in [-0.1, -0.05) is 0 Å². The highest BCUT2D eigenvalue weighted by Gasteiger charge is 2.85. The number of aromatic amines is 1. The molecule has 2 N–H and O–H groups in total. The predicted molar refractivity (Wildman–Crippen MR) is 98.2 cm³/mol. The lowest BCUT2D eigenvalue weighted by molar-refractivity contribution is -0.123. The fourth-order valence-corrected chi connectivity index (χ4v) is 6.50. The summed E-state index contributed by atoms with van der Waals surface area (Å²) in [7, 11) is 0. The Morgan fingerprint density at radius 2 is 2.11 bits per heavy atom. The van der Waals surface area contributed by atoms with Crippen molar-refractivity contribution in [3.05, 3.63) is 23.8 Å². The minimum Gasteiger partial charge on any atom is -0.350 e. The van der Waals surface area contributed by atoms with Crippen LogP contribution in [0.15, 0.2) is 12.3 Å². The minimum absolute atomic E-state index is 0.0109. The van der Waals surface area contributed by atoms with Crippen molar-refractivity contribution < 1.29 is 4.79 Å². The van der Waals surface area contributed by atoms with E-state index in [4.69, 9.17) is 0 Å². The normalized spacial score (nSPS) is 36.5. The Morgan fingerprint density at radius 1 is 1.26 bits per heavy atom. The first-order valence-corrected chi connectivity index (χ1v) is 10.1. The maximum atomic E-state index is 12.5. The van der Waals surface area contributed by atoms with Gasteiger partial charge in [0.15, 0.2) is 11.3 Å². The molecule has 3 aromatic rings. The predicted octanol–water partition coefficient (Wildman–Crippen LogP) is 2.39. The fourth-order valence-electron chi connectivity index (χ4n) is 6.50. The molecule has 7 nitrogen and oxygen atoms in total. The van der Waals surface area contributed by atoms with Crippen LogP contribution in [0, 0.1) is 18.3 Å². The number of carbonyl (C=O) groups is 1. The summed E-state index contributed by atoms with van der Waals surface area (Å²) in [6, 6.07) is 2.13. The molecule has 7 heteroatoms. The molecule has 3 atom stereocenters. The van der Waals surface area contributed by atoms with Crippen LogP contribution >= 0.6 is 0 Å². The van der Waals surface area contributed by atoms with Crippen molar-refractivity contribution in [1.82, 2.24) is 29.9 Å². The second-order valence-corrected chi connectivity index (χ2v) is 9.35. The molecule has 0 aromatic carbocycles. The van der Waals surface area contributed by atoms with Crippen molar-refractivity contribution in [2.45, 2.75) is 62.8 Å². The van der Waals surface area contributed by atoms with E-state index in [1.165, 1.54) is 6.42 Å². The number of aromatic nitrogens is 5. The molecule has 4 aliphatic rings. The van der Waals surface area contributed by atoms with Crippen LogP contribution in [0.2, 0.25) is 0 Å². The van der Waals surface area contributed by atoms with Gasteiger partial charge in [0.25, 0.3) is 0 Å². The van der Waals surface area contributed by atoms with E-state index in [0.29, 0.717) is 0 Å². The molecule has 1 spiro atoms. The smallest absolute Gasteiger partial charge is 0.223 e. The van der Waals surface area contributed by atoms with Gasteiger partial charge in [0, 0.05) is 28.0 Å². The van der Waals surface area contributed by atoms with Crippen LogP contribution in [0.5, 0.6) is 0 Å². The number of nitrogens with one attached hydrogen (secondary N) is 2. The first-order chi connectivity index (χ1) is 13.1. The van der Waals surface area contributed by atoms with Gasteiger partial charge in [-0.05, 0) is 57.9 Å². The van der Waals surface area contributed by atoms with E-state index >= 15 is 0 Å². The molecule has 4 aliphatic carbocycles. The van der Waals surface area contributed by atoms with Crippen molar-refractivity contribution in [3.63, 3.8) is 0 Å². The van der Waals surface area contributed by atoms with Crippen molar-refractivity contribution >= 4 is 22.7 Å². The van der Waals surface area contributed by atoms with Gasteiger partial charge in [-0.3, -0.25) is 9.20 Å². The zero-order chi connectivity index (χ0) is 18.0. The highest BCUT2D eigenvalue weighted by Crippen LogP contribution is 2.83. The van der Waals surface area contributed by atoms with Crippen LogP contribution in [-0.2, 0) is 10.2 Å². The van der Waals surface area contributed by atoms with Crippen molar-refractivity contribution in [2.75, 3.05) is 0 Å². The zero-order valence-corrected chi connectivity index (χ0v) is 15.4. The van der Waals surface area contributed by atoms with E-state index < -0.39 is 0 Å². The Kier molecular flexibility index (Phi) is 2.26. The van der Waals surface area contributed by atoms with Crippen molar-refractivity contribution in [1.29, 1.82) is 0 Å². The van der Waals surface area contributed by atoms with E-state index in [0.717, 1.165) is 66.9 Å². The number of H-pyrrole nitrogens is 1. The van der Waals surface area contributed by atoms with Crippen molar-refractivity contribution in [3.8, 4) is 0 Å². The summed E-state index contributed by atoms with van der Waals surface area (Å²) in [5, 5.41) is 12.6. The Bertz CT molecular complexity index is 1150. The largest absolute Gasteiger partial charge is 0.350 e. The second kappa shape index (κ2) is 4.18. The van der Waals surface area contributed by atoms with Gasteiger partial charge in [-0.2, -0.15) is 0 Å². The van der Waals surface area contributed by atoms with E-state index in [1.807, 2.05) is 0 Å². The van der Waals surface area contributed by atoms with Crippen LogP contribution < -0.4 is 5.32 Å². The Morgan fingerprint density at radius 3 is 2.89 bits per heavy atom. The van der Waals surface area contributed by atoms with E-state index in [-0.39, 0.29) is 28.2 Å². The summed E-state index contributed by atoms with van der Waals surface area (Å²) in [5.41, 5.74) is 4.09. The molecule has 0 aliphatic heterocycles. The highest BCUT2D eigenvalue weighted by atomic mass is 16.2. The lowest BCUT2D eigenvalue weighted by atomic mass is 9.57. The van der Waals surface area contributed by atoms with Crippen LogP contribution in [0.3, 0.4) is 0 Å². The molecule has 138 valence electrons. The number of fused-ring (bicyclic) bond motifs is 3. The number of carbonyl (C=O) groups excluding carboxylic acids is 1. The van der Waals surface area contributed by atoms with Gasteiger partial charge >= 0.3 is 0 Å². The van der Waals surface area contributed by atoms with Gasteiger partial charge in [0.1, 0.15) is 5.82 Å². The third kappa shape index (κ3) is 1.50. The summed E-state index contributed by atoms with van der Waals surface area (Å²) < 4.78 is 2.21. The van der Waals surface area contributed by atoms with Gasteiger partial charge in [0.2, 0.25) is 5.91 Å². The molecule has 7 rings (SSSR count). The summed E-state index contributed by atoms with van der Waals surface area (Å²) in [6.07, 6.45) is 9.52. The third-order valence-electron chi connectivity index (χ3n) is 8.16. The quantitative estimate of drug-likeness (QED) is 0.749. The summed E-state index contributed by atoms with van der Waals surface area (Å²) >= 11 is 0. The maximum Gasteiger partial charge on any atom is 0.223 e. The number of amides is 1. The first-order valence-electron chi connectivity index (χ1n) is 10.1. The van der Waals surface area contributed by atoms with Crippen LogP contribution in [0.25, 0.3) is 16.8 Å². The molecule has 1 amide bonds. The summed E-state index contributed by atoms with van der Waals surface area (Å²) in [5.74, 6) is 1.64. The molecule has 4 saturated carbocycles. The first kappa shape index (κ1) is 14.6. The number of hydrogen-bond donors (Lipinski definition) is 2. The Balaban J connectivity index is 1.37. The average Bonchev–Trinajstić information content (AvgIpc) is 3.49. The molecule has 0 radical (unpaired) electrons. The molecule has 0 saturated heterocycles. The van der Waals surface area contributed by atoms with Crippen LogP contribution in [0.4, 0.5) is 0 Å². The number of nitrogens with zero attached hydrogens (tertiary/aromatic N) is 4. The third-order valence-corrected chi connectivity index (χ3v) is 8.16. The van der Waals surface area contributed by atoms with E-state index in [1.54, 1.807) is 6.20 Å². The number of hydrogen-bond acceptors (Lipinski definition) is 4. The van der Waals surface area contributed by atoms with Gasteiger partial charge in [0.05, 0.1) is 11.7 Å². The molecular formula is C20H22N6O. The van der Waals surface area contributed by atoms with Gasteiger partial charge in [-0.15, -0.1) is 10.2 Å². The average molecular weight is 362 g/mol. The Hall–Kier alpha value is -2.44. The minimum atomic E-state index is 0.0109. The van der Waals surface area contributed by atoms with Crippen molar-refractivity contribution in [2.24, 2.45) is 11.3 Å². The highest BCUT2D eigenvalue weighted by molar-refractivity contribution is 5.83. The molecule has 3 aromatic heterocycles. The molecule has 3 heterocycles. The van der Waals surface area contributed by atoms with Gasteiger partial charge < -0.3 is 10.3 Å². The second-order valence-electron chi connectivity index (χ2n) is 9.35. The maximum absolute atomic E-state index is 12.5.